The van der Waals surface area contributed by atoms with Crippen molar-refractivity contribution in [3.63, 3.8) is 0 Å². The van der Waals surface area contributed by atoms with E-state index in [1.54, 1.807) is 6.08 Å². The number of rotatable bonds is 50. The summed E-state index contributed by atoms with van der Waals surface area (Å²) in [5.74, 6) is -0.184. The van der Waals surface area contributed by atoms with Gasteiger partial charge in [0.15, 0.2) is 6.29 Å². The summed E-state index contributed by atoms with van der Waals surface area (Å²) in [7, 11) is 0. The first-order valence-corrected chi connectivity index (χ1v) is 29.4. The molecule has 0 spiro atoms. The molecule has 0 aromatic rings. The third-order valence-electron chi connectivity index (χ3n) is 13.9. The molecular weight excluding hydrogens is 863 g/mol. The Morgan fingerprint density at radius 1 is 0.493 bits per heavy atom. The smallest absolute Gasteiger partial charge is 0.220 e. The molecule has 0 aliphatic carbocycles. The van der Waals surface area contributed by atoms with Crippen molar-refractivity contribution in [3.8, 4) is 0 Å². The van der Waals surface area contributed by atoms with Crippen LogP contribution in [0.25, 0.3) is 0 Å². The minimum atomic E-state index is -1.57. The van der Waals surface area contributed by atoms with E-state index in [1.165, 1.54) is 205 Å². The van der Waals surface area contributed by atoms with E-state index in [0.717, 1.165) is 44.9 Å². The molecule has 0 radical (unpaired) electrons. The molecule has 0 bridgehead atoms. The standard InChI is InChI=1S/C60H111NO8/c1-3-5-7-9-11-13-15-17-19-20-21-22-23-24-25-26-27-28-29-30-31-32-33-34-36-38-40-42-44-46-48-50-56(64)61-53(52-68-60-59(67)58(66)57(65)55(51-62)69-60)54(63)49-47-45-43-41-39-37-35-18-16-14-12-10-8-6-4-2/h15,17,20-21,39,41,47,49,53-55,57-60,62-63,65-67H,3-14,16,18-19,22-38,40,42-46,48,50-52H2,1-2H3,(H,61,64)/b17-15-,21-20-,41-39+,49-47+. The summed E-state index contributed by atoms with van der Waals surface area (Å²) in [6.45, 7) is 3.76. The molecule has 1 heterocycles. The van der Waals surface area contributed by atoms with Gasteiger partial charge in [-0.25, -0.2) is 0 Å². The van der Waals surface area contributed by atoms with E-state index in [4.69, 9.17) is 9.47 Å². The first kappa shape index (κ1) is 65.2. The van der Waals surface area contributed by atoms with E-state index in [2.05, 4.69) is 55.6 Å². The highest BCUT2D eigenvalue weighted by atomic mass is 16.7. The minimum absolute atomic E-state index is 0.184. The van der Waals surface area contributed by atoms with Crippen LogP contribution in [0.4, 0.5) is 0 Å². The monoisotopic (exact) mass is 974 g/mol. The molecule has 0 aromatic carbocycles. The maximum absolute atomic E-state index is 13.0. The molecule has 1 amide bonds. The Balaban J connectivity index is 2.15. The number of ether oxygens (including phenoxy) is 2. The first-order valence-electron chi connectivity index (χ1n) is 29.4. The number of allylic oxidation sites excluding steroid dienone is 7. The van der Waals surface area contributed by atoms with Gasteiger partial charge in [-0.1, -0.05) is 249 Å². The lowest BCUT2D eigenvalue weighted by molar-refractivity contribution is -0.302. The molecule has 9 nitrogen and oxygen atoms in total. The van der Waals surface area contributed by atoms with E-state index in [-0.39, 0.29) is 12.5 Å². The number of unbranched alkanes of at least 4 members (excludes halogenated alkanes) is 34. The summed E-state index contributed by atoms with van der Waals surface area (Å²) >= 11 is 0. The summed E-state index contributed by atoms with van der Waals surface area (Å²) in [4.78, 5) is 13.0. The third kappa shape index (κ3) is 39.4. The van der Waals surface area contributed by atoms with E-state index in [9.17, 15) is 30.3 Å². The summed E-state index contributed by atoms with van der Waals surface area (Å²) < 4.78 is 11.2. The Morgan fingerprint density at radius 3 is 1.30 bits per heavy atom. The molecule has 7 unspecified atom stereocenters. The van der Waals surface area contributed by atoms with Crippen LogP contribution < -0.4 is 5.32 Å². The molecule has 1 aliphatic heterocycles. The van der Waals surface area contributed by atoms with Gasteiger partial charge in [0.2, 0.25) is 5.91 Å². The van der Waals surface area contributed by atoms with E-state index < -0.39 is 49.5 Å². The van der Waals surface area contributed by atoms with Crippen molar-refractivity contribution in [2.45, 2.75) is 314 Å². The third-order valence-corrected chi connectivity index (χ3v) is 13.9. The lowest BCUT2D eigenvalue weighted by Gasteiger charge is -2.40. The Kier molecular flexibility index (Phi) is 47.0. The Labute approximate surface area is 424 Å². The number of aliphatic hydroxyl groups is 5. The SMILES string of the molecule is CCCCCCC/C=C\C/C=C\CCCCCCCCCCCCCCCCCCCCCC(=O)NC(COC1OC(CO)C(O)C(O)C1O)C(O)/C=C/CC/C=C/CCCCCCCCCCC. The van der Waals surface area contributed by atoms with Crippen molar-refractivity contribution in [2.75, 3.05) is 13.2 Å². The van der Waals surface area contributed by atoms with Crippen molar-refractivity contribution < 1.29 is 39.8 Å². The fourth-order valence-electron chi connectivity index (χ4n) is 9.20. The predicted molar refractivity (Wildman–Crippen MR) is 290 cm³/mol. The number of carbonyl (C=O) groups is 1. The predicted octanol–water partition coefficient (Wildman–Crippen LogP) is 14.5. The van der Waals surface area contributed by atoms with Crippen molar-refractivity contribution in [1.82, 2.24) is 5.32 Å². The second-order valence-electron chi connectivity index (χ2n) is 20.4. The fourth-order valence-corrected chi connectivity index (χ4v) is 9.20. The molecule has 6 N–H and O–H groups in total. The van der Waals surface area contributed by atoms with Crippen LogP contribution in [0.2, 0.25) is 0 Å². The van der Waals surface area contributed by atoms with Crippen molar-refractivity contribution in [3.05, 3.63) is 48.6 Å². The number of hydrogen-bond donors (Lipinski definition) is 6. The van der Waals surface area contributed by atoms with Crippen LogP contribution >= 0.6 is 0 Å². The zero-order chi connectivity index (χ0) is 50.1. The lowest BCUT2D eigenvalue weighted by atomic mass is 9.99. The van der Waals surface area contributed by atoms with Gasteiger partial charge in [-0.2, -0.15) is 0 Å². The average molecular weight is 975 g/mol. The summed E-state index contributed by atoms with van der Waals surface area (Å²) in [5, 5.41) is 54.4. The van der Waals surface area contributed by atoms with Gasteiger partial charge < -0.3 is 40.3 Å². The average Bonchev–Trinajstić information content (AvgIpc) is 3.35. The van der Waals surface area contributed by atoms with Crippen LogP contribution in [0.3, 0.4) is 0 Å². The lowest BCUT2D eigenvalue weighted by Crippen LogP contribution is -2.60. The first-order chi connectivity index (χ1) is 33.8. The molecule has 1 fully saturated rings. The van der Waals surface area contributed by atoms with Crippen LogP contribution in [0.5, 0.6) is 0 Å². The molecule has 69 heavy (non-hydrogen) atoms. The highest BCUT2D eigenvalue weighted by Crippen LogP contribution is 2.23. The van der Waals surface area contributed by atoms with Crippen molar-refractivity contribution in [1.29, 1.82) is 0 Å². The van der Waals surface area contributed by atoms with Crippen LogP contribution in [-0.4, -0.2) is 87.5 Å². The van der Waals surface area contributed by atoms with Crippen LogP contribution in [0.1, 0.15) is 271 Å². The largest absolute Gasteiger partial charge is 0.394 e. The topological polar surface area (TPSA) is 149 Å². The maximum atomic E-state index is 13.0. The highest BCUT2D eigenvalue weighted by molar-refractivity contribution is 5.76. The zero-order valence-electron chi connectivity index (χ0n) is 44.8. The molecule has 1 saturated heterocycles. The van der Waals surface area contributed by atoms with Crippen molar-refractivity contribution in [2.24, 2.45) is 0 Å². The van der Waals surface area contributed by atoms with Crippen LogP contribution in [0, 0.1) is 0 Å². The van der Waals surface area contributed by atoms with Crippen LogP contribution in [-0.2, 0) is 14.3 Å². The summed E-state index contributed by atoms with van der Waals surface area (Å²) in [6, 6.07) is -0.821. The molecule has 1 aliphatic rings. The number of nitrogens with one attached hydrogen (secondary N) is 1. The van der Waals surface area contributed by atoms with Crippen molar-refractivity contribution >= 4 is 5.91 Å². The van der Waals surface area contributed by atoms with Crippen LogP contribution in [0.15, 0.2) is 48.6 Å². The second-order valence-corrected chi connectivity index (χ2v) is 20.4. The van der Waals surface area contributed by atoms with Gasteiger partial charge in [0.25, 0.3) is 0 Å². The number of hydrogen-bond acceptors (Lipinski definition) is 8. The number of carbonyl (C=O) groups excluding carboxylic acids is 1. The van der Waals surface area contributed by atoms with E-state index in [1.807, 2.05) is 6.08 Å². The van der Waals surface area contributed by atoms with Gasteiger partial charge in [0.1, 0.15) is 24.4 Å². The van der Waals surface area contributed by atoms with Gasteiger partial charge in [-0.05, 0) is 64.2 Å². The molecule has 7 atom stereocenters. The van der Waals surface area contributed by atoms with Gasteiger partial charge >= 0.3 is 0 Å². The quantitative estimate of drug-likeness (QED) is 0.0261. The normalized spacial score (nSPS) is 19.8. The highest BCUT2D eigenvalue weighted by Gasteiger charge is 2.44. The van der Waals surface area contributed by atoms with Gasteiger partial charge in [-0.3, -0.25) is 4.79 Å². The van der Waals surface area contributed by atoms with Gasteiger partial charge in [-0.15, -0.1) is 0 Å². The summed E-state index contributed by atoms with van der Waals surface area (Å²) in [5.41, 5.74) is 0. The Morgan fingerprint density at radius 2 is 0.870 bits per heavy atom. The molecule has 0 aromatic heterocycles. The second kappa shape index (κ2) is 49.7. The molecule has 404 valence electrons. The fraction of sp³-hybridized carbons (Fsp3) is 0.850. The molecule has 1 rings (SSSR count). The van der Waals surface area contributed by atoms with E-state index >= 15 is 0 Å². The number of amides is 1. The molecule has 9 heteroatoms. The Hall–Kier alpha value is -1.85. The minimum Gasteiger partial charge on any atom is -0.394 e. The molecule has 0 saturated carbocycles. The van der Waals surface area contributed by atoms with Gasteiger partial charge in [0.05, 0.1) is 25.4 Å². The zero-order valence-corrected chi connectivity index (χ0v) is 44.8. The summed E-state index contributed by atoms with van der Waals surface area (Å²) in [6.07, 6.45) is 59.0. The molecular formula is C60H111NO8. The van der Waals surface area contributed by atoms with E-state index in [0.29, 0.717) is 6.42 Å². The Bertz CT molecular complexity index is 1220. The number of aliphatic hydroxyl groups excluding tert-OH is 5. The van der Waals surface area contributed by atoms with Gasteiger partial charge in [0, 0.05) is 6.42 Å². The maximum Gasteiger partial charge on any atom is 0.220 e.